The molecule has 2 heterocycles. The Labute approximate surface area is 132 Å². The highest BCUT2D eigenvalue weighted by Gasteiger charge is 2.19. The topological polar surface area (TPSA) is 52.3 Å². The van der Waals surface area contributed by atoms with E-state index < -0.39 is 0 Å². The maximum atomic E-state index is 6.38. The van der Waals surface area contributed by atoms with Gasteiger partial charge in [-0.2, -0.15) is 14.5 Å². The Morgan fingerprint density at radius 2 is 1.95 bits per heavy atom. The molecule has 0 bridgehead atoms. The number of methoxy groups -OCH3 is 1. The summed E-state index contributed by atoms with van der Waals surface area (Å²) >= 11 is 16.1. The predicted molar refractivity (Wildman–Crippen MR) is 80.5 cm³/mol. The average Bonchev–Trinajstić information content (AvgIpc) is 2.84. The largest absolute Gasteiger partial charge is 0.466 e. The Balaban J connectivity index is 2.34. The molecule has 0 spiro atoms. The smallest absolute Gasteiger partial charge is 0.337 e. The van der Waals surface area contributed by atoms with Gasteiger partial charge in [0.15, 0.2) is 0 Å². The fourth-order valence-corrected chi connectivity index (χ4v) is 2.90. The second-order valence-corrected chi connectivity index (χ2v) is 5.43. The third-order valence-electron chi connectivity index (χ3n) is 2.69. The van der Waals surface area contributed by atoms with Gasteiger partial charge in [0.2, 0.25) is 0 Å². The van der Waals surface area contributed by atoms with Gasteiger partial charge in [0.1, 0.15) is 10.3 Å². The number of benzene rings is 1. The summed E-state index contributed by atoms with van der Waals surface area (Å²) in [5.41, 5.74) is 1.41. The van der Waals surface area contributed by atoms with Crippen LogP contribution < -0.4 is 4.74 Å². The Morgan fingerprint density at radius 1 is 1.20 bits per heavy atom. The Hall–Kier alpha value is -1.37. The summed E-state index contributed by atoms with van der Waals surface area (Å²) in [5.74, 6) is 0.285. The van der Waals surface area contributed by atoms with Crippen LogP contribution in [0.5, 0.6) is 6.01 Å². The highest BCUT2D eigenvalue weighted by atomic mass is 79.9. The Bertz CT molecular complexity index is 805. The maximum absolute atomic E-state index is 6.38. The van der Waals surface area contributed by atoms with Gasteiger partial charge in [0.25, 0.3) is 5.78 Å². The summed E-state index contributed by atoms with van der Waals surface area (Å²) in [7, 11) is 1.47. The van der Waals surface area contributed by atoms with Crippen LogP contribution in [0.3, 0.4) is 0 Å². The first-order valence-corrected chi connectivity index (χ1v) is 7.07. The van der Waals surface area contributed by atoms with E-state index >= 15 is 0 Å². The molecular weight excluding hydrogens is 367 g/mol. The van der Waals surface area contributed by atoms with Gasteiger partial charge in [-0.05, 0) is 6.07 Å². The van der Waals surface area contributed by atoms with Crippen LogP contribution in [-0.2, 0) is 0 Å². The van der Waals surface area contributed by atoms with Gasteiger partial charge in [-0.1, -0.05) is 57.3 Å². The number of nitrogens with zero attached hydrogens (tertiary/aromatic N) is 4. The molecule has 2 aromatic heterocycles. The minimum atomic E-state index is 0.180. The van der Waals surface area contributed by atoms with Gasteiger partial charge in [-0.15, -0.1) is 5.10 Å². The number of halogens is 3. The fraction of sp³-hybridized carbons (Fsp3) is 0.0833. The van der Waals surface area contributed by atoms with E-state index in [-0.39, 0.29) is 16.9 Å². The molecule has 0 aliphatic rings. The van der Waals surface area contributed by atoms with E-state index in [1.165, 1.54) is 11.6 Å². The normalized spacial score (nSPS) is 11.0. The van der Waals surface area contributed by atoms with Crippen molar-refractivity contribution in [3.05, 3.63) is 39.0 Å². The molecule has 0 unspecified atom stereocenters. The second-order valence-electron chi connectivity index (χ2n) is 3.86. The lowest BCUT2D eigenvalue weighted by atomic mass is 10.1. The minimum Gasteiger partial charge on any atom is -0.466 e. The molecule has 1 aromatic carbocycles. The van der Waals surface area contributed by atoms with Crippen molar-refractivity contribution < 1.29 is 4.74 Å². The fourth-order valence-electron chi connectivity index (χ4n) is 1.80. The van der Waals surface area contributed by atoms with Crippen LogP contribution >= 0.6 is 39.1 Å². The molecule has 0 aliphatic carbocycles. The van der Waals surface area contributed by atoms with E-state index in [2.05, 4.69) is 31.0 Å². The highest BCUT2D eigenvalue weighted by molar-refractivity contribution is 9.10. The Kier molecular flexibility index (Phi) is 3.54. The van der Waals surface area contributed by atoms with Crippen molar-refractivity contribution in [2.45, 2.75) is 0 Å². The first-order chi connectivity index (χ1) is 9.61. The van der Waals surface area contributed by atoms with Crippen LogP contribution in [0.2, 0.25) is 10.3 Å². The summed E-state index contributed by atoms with van der Waals surface area (Å²) in [5, 5.41) is 4.68. The summed E-state index contributed by atoms with van der Waals surface area (Å²) < 4.78 is 7.22. The van der Waals surface area contributed by atoms with Gasteiger partial charge in [0.05, 0.1) is 12.7 Å². The van der Waals surface area contributed by atoms with Gasteiger partial charge >= 0.3 is 6.01 Å². The molecule has 0 fully saturated rings. The molecule has 0 atom stereocenters. The molecule has 0 radical (unpaired) electrons. The van der Waals surface area contributed by atoms with Gasteiger partial charge in [-0.3, -0.25) is 0 Å². The van der Waals surface area contributed by atoms with E-state index in [9.17, 15) is 0 Å². The molecule has 0 saturated carbocycles. The molecule has 0 saturated heterocycles. The number of hydrogen-bond acceptors (Lipinski definition) is 4. The van der Waals surface area contributed by atoms with E-state index in [4.69, 9.17) is 27.9 Å². The SMILES string of the molecule is COc1nc2nc(Cl)c(-c3ccccc3Br)c(Cl)n2n1. The molecule has 0 N–H and O–H groups in total. The number of ether oxygens (including phenoxy) is 1. The van der Waals surface area contributed by atoms with Gasteiger partial charge in [0, 0.05) is 10.0 Å². The summed E-state index contributed by atoms with van der Waals surface area (Å²) in [6.07, 6.45) is 0. The molecular formula is C12H7BrCl2N4O. The lowest BCUT2D eigenvalue weighted by Gasteiger charge is -2.09. The number of hydrogen-bond donors (Lipinski definition) is 0. The molecule has 0 amide bonds. The number of fused-ring (bicyclic) bond motifs is 1. The first-order valence-electron chi connectivity index (χ1n) is 5.52. The van der Waals surface area contributed by atoms with Crippen LogP contribution in [0.1, 0.15) is 0 Å². The van der Waals surface area contributed by atoms with Gasteiger partial charge < -0.3 is 4.74 Å². The molecule has 102 valence electrons. The van der Waals surface area contributed by atoms with Crippen molar-refractivity contribution in [2.24, 2.45) is 0 Å². The number of aromatic nitrogens is 4. The lowest BCUT2D eigenvalue weighted by molar-refractivity contribution is 0.380. The number of rotatable bonds is 2. The van der Waals surface area contributed by atoms with E-state index in [0.29, 0.717) is 10.7 Å². The third kappa shape index (κ3) is 2.13. The van der Waals surface area contributed by atoms with E-state index in [1.54, 1.807) is 0 Å². The van der Waals surface area contributed by atoms with E-state index in [0.717, 1.165) is 10.0 Å². The van der Waals surface area contributed by atoms with Crippen LogP contribution in [-0.4, -0.2) is 26.7 Å². The molecule has 3 rings (SSSR count). The predicted octanol–water partition coefficient (Wildman–Crippen LogP) is 3.87. The average molecular weight is 374 g/mol. The van der Waals surface area contributed by atoms with Gasteiger partial charge in [-0.25, -0.2) is 0 Å². The van der Waals surface area contributed by atoms with Crippen molar-refractivity contribution in [1.82, 2.24) is 19.6 Å². The molecule has 5 nitrogen and oxygen atoms in total. The standard InChI is InChI=1S/C12H7BrCl2N4O/c1-20-12-17-11-16-9(14)8(10(15)19(11)18-12)6-4-2-3-5-7(6)13/h2-5H,1H3. The van der Waals surface area contributed by atoms with Crippen LogP contribution in [0.25, 0.3) is 16.9 Å². The van der Waals surface area contributed by atoms with Crippen molar-refractivity contribution in [2.75, 3.05) is 7.11 Å². The zero-order chi connectivity index (χ0) is 14.3. The highest BCUT2D eigenvalue weighted by Crippen LogP contribution is 2.37. The van der Waals surface area contributed by atoms with Crippen LogP contribution in [0, 0.1) is 0 Å². The molecule has 0 aliphatic heterocycles. The minimum absolute atomic E-state index is 0.180. The van der Waals surface area contributed by atoms with E-state index in [1.807, 2.05) is 24.3 Å². The maximum Gasteiger partial charge on any atom is 0.337 e. The molecule has 3 aromatic rings. The zero-order valence-corrected chi connectivity index (χ0v) is 13.2. The summed E-state index contributed by atoms with van der Waals surface area (Å²) in [6, 6.07) is 7.76. The second kappa shape index (κ2) is 5.20. The van der Waals surface area contributed by atoms with Crippen molar-refractivity contribution in [1.29, 1.82) is 0 Å². The van der Waals surface area contributed by atoms with Crippen molar-refractivity contribution in [3.8, 4) is 17.1 Å². The first kappa shape index (κ1) is 13.6. The quantitative estimate of drug-likeness (QED) is 0.640. The molecule has 20 heavy (non-hydrogen) atoms. The van der Waals surface area contributed by atoms with Crippen molar-refractivity contribution >= 4 is 44.9 Å². The van der Waals surface area contributed by atoms with Crippen LogP contribution in [0.15, 0.2) is 28.7 Å². The molecule has 8 heteroatoms. The monoisotopic (exact) mass is 372 g/mol. The summed E-state index contributed by atoms with van der Waals surface area (Å²) in [4.78, 5) is 8.24. The third-order valence-corrected chi connectivity index (χ3v) is 4.01. The van der Waals surface area contributed by atoms with Crippen molar-refractivity contribution in [3.63, 3.8) is 0 Å². The Morgan fingerprint density at radius 3 is 2.65 bits per heavy atom. The zero-order valence-electron chi connectivity index (χ0n) is 10.1. The summed E-state index contributed by atoms with van der Waals surface area (Å²) in [6.45, 7) is 0. The van der Waals surface area contributed by atoms with Crippen LogP contribution in [0.4, 0.5) is 0 Å². The lowest BCUT2D eigenvalue weighted by Crippen LogP contribution is -1.98.